The van der Waals surface area contributed by atoms with Crippen molar-refractivity contribution in [2.75, 3.05) is 27.3 Å². The highest BCUT2D eigenvalue weighted by molar-refractivity contribution is 7.89. The van der Waals surface area contributed by atoms with E-state index in [2.05, 4.69) is 4.99 Å². The van der Waals surface area contributed by atoms with Gasteiger partial charge in [0.2, 0.25) is 0 Å². The lowest BCUT2D eigenvalue weighted by Crippen LogP contribution is -2.35. The Labute approximate surface area is 180 Å². The number of fused-ring (bicyclic) bond motifs is 1. The molecule has 3 aromatic rings. The normalized spacial score (nSPS) is 14.1. The van der Waals surface area contributed by atoms with Crippen molar-refractivity contribution in [3.63, 3.8) is 0 Å². The number of halogens is 1. The number of hydrogen-bond acceptors (Lipinski definition) is 5. The molecule has 0 radical (unpaired) electrons. The molecule has 4 rings (SSSR count). The number of hydrogen-bond donors (Lipinski definition) is 0. The van der Waals surface area contributed by atoms with Gasteiger partial charge in [0.25, 0.3) is 10.0 Å². The van der Waals surface area contributed by atoms with Gasteiger partial charge in [-0.3, -0.25) is 9.30 Å². The molecule has 156 valence electrons. The molecule has 0 saturated carbocycles. The predicted octanol–water partition coefficient (Wildman–Crippen LogP) is 4.16. The number of aliphatic imine (C=N–C) groups is 1. The molecule has 0 aromatic heterocycles. The van der Waals surface area contributed by atoms with Crippen molar-refractivity contribution < 1.29 is 17.9 Å². The highest BCUT2D eigenvalue weighted by Crippen LogP contribution is 2.37. The van der Waals surface area contributed by atoms with Gasteiger partial charge in [-0.2, -0.15) is 0 Å². The van der Waals surface area contributed by atoms with Gasteiger partial charge < -0.3 is 9.47 Å². The molecule has 6 nitrogen and oxygen atoms in total. The van der Waals surface area contributed by atoms with Crippen LogP contribution in [0.3, 0.4) is 0 Å². The summed E-state index contributed by atoms with van der Waals surface area (Å²) in [5.74, 6) is 0.933. The topological polar surface area (TPSA) is 68.2 Å². The molecule has 0 bridgehead atoms. The zero-order valence-corrected chi connectivity index (χ0v) is 18.2. The van der Waals surface area contributed by atoms with Crippen molar-refractivity contribution in [1.82, 2.24) is 4.31 Å². The molecule has 0 spiro atoms. The highest BCUT2D eigenvalue weighted by atomic mass is 35.5. The maximum Gasteiger partial charge on any atom is 0.269 e. The third-order valence-electron chi connectivity index (χ3n) is 5.12. The van der Waals surface area contributed by atoms with Crippen LogP contribution in [0.4, 0.5) is 0 Å². The molecular formula is C22H21ClN2O4S. The SMILES string of the molecule is COc1cc(S(=O)(=O)N2CCN=C2Cc2cccc3ccccc23)c(OC)cc1Cl. The van der Waals surface area contributed by atoms with Crippen LogP contribution in [0.25, 0.3) is 10.8 Å². The molecule has 0 N–H and O–H groups in total. The Morgan fingerprint density at radius 3 is 2.53 bits per heavy atom. The summed E-state index contributed by atoms with van der Waals surface area (Å²) in [4.78, 5) is 4.49. The van der Waals surface area contributed by atoms with Gasteiger partial charge in [-0.15, -0.1) is 0 Å². The molecule has 0 atom stereocenters. The molecule has 3 aromatic carbocycles. The quantitative estimate of drug-likeness (QED) is 0.572. The minimum atomic E-state index is -3.91. The van der Waals surface area contributed by atoms with Crippen LogP contribution >= 0.6 is 11.6 Å². The Morgan fingerprint density at radius 2 is 1.77 bits per heavy atom. The highest BCUT2D eigenvalue weighted by Gasteiger charge is 2.34. The maximum absolute atomic E-state index is 13.5. The van der Waals surface area contributed by atoms with Crippen molar-refractivity contribution in [2.24, 2.45) is 4.99 Å². The monoisotopic (exact) mass is 444 g/mol. The lowest BCUT2D eigenvalue weighted by molar-refractivity contribution is 0.391. The molecule has 0 unspecified atom stereocenters. The Balaban J connectivity index is 1.73. The predicted molar refractivity (Wildman–Crippen MR) is 118 cm³/mol. The van der Waals surface area contributed by atoms with Gasteiger partial charge in [-0.1, -0.05) is 54.1 Å². The van der Waals surface area contributed by atoms with E-state index in [9.17, 15) is 8.42 Å². The largest absolute Gasteiger partial charge is 0.495 e. The van der Waals surface area contributed by atoms with Crippen molar-refractivity contribution in [3.05, 3.63) is 65.2 Å². The van der Waals surface area contributed by atoms with Crippen LogP contribution in [0.2, 0.25) is 5.02 Å². The van der Waals surface area contributed by atoms with Crippen LogP contribution in [0.1, 0.15) is 5.56 Å². The van der Waals surface area contributed by atoms with Crippen molar-refractivity contribution in [1.29, 1.82) is 0 Å². The number of sulfonamides is 1. The molecule has 0 fully saturated rings. The minimum Gasteiger partial charge on any atom is -0.495 e. The van der Waals surface area contributed by atoms with E-state index < -0.39 is 10.0 Å². The molecule has 1 aliphatic heterocycles. The second-order valence-electron chi connectivity index (χ2n) is 6.83. The molecule has 30 heavy (non-hydrogen) atoms. The van der Waals surface area contributed by atoms with Gasteiger partial charge in [-0.25, -0.2) is 8.42 Å². The van der Waals surface area contributed by atoms with Gasteiger partial charge in [0.15, 0.2) is 0 Å². The Kier molecular flexibility index (Phi) is 5.58. The molecule has 8 heteroatoms. The Bertz CT molecular complexity index is 1240. The van der Waals surface area contributed by atoms with Gasteiger partial charge in [0, 0.05) is 18.6 Å². The van der Waals surface area contributed by atoms with Crippen LogP contribution < -0.4 is 9.47 Å². The van der Waals surface area contributed by atoms with Crippen LogP contribution in [0.15, 0.2) is 64.5 Å². The average molecular weight is 445 g/mol. The third-order valence-corrected chi connectivity index (χ3v) is 7.26. The fourth-order valence-corrected chi connectivity index (χ4v) is 5.49. The van der Waals surface area contributed by atoms with Crippen LogP contribution in [-0.2, 0) is 16.4 Å². The Hall–Kier alpha value is -2.77. The van der Waals surface area contributed by atoms with Crippen LogP contribution in [-0.4, -0.2) is 45.9 Å². The first-order chi connectivity index (χ1) is 14.5. The van der Waals surface area contributed by atoms with Crippen molar-refractivity contribution in [3.8, 4) is 11.5 Å². The van der Waals surface area contributed by atoms with Gasteiger partial charge in [-0.05, 0) is 16.3 Å². The summed E-state index contributed by atoms with van der Waals surface area (Å²) in [5, 5.41) is 2.46. The van der Waals surface area contributed by atoms with E-state index in [4.69, 9.17) is 21.1 Å². The lowest BCUT2D eigenvalue weighted by Gasteiger charge is -2.22. The number of benzene rings is 3. The van der Waals surface area contributed by atoms with Gasteiger partial charge in [0.1, 0.15) is 22.2 Å². The summed E-state index contributed by atoms with van der Waals surface area (Å²) >= 11 is 6.14. The second kappa shape index (κ2) is 8.16. The van der Waals surface area contributed by atoms with Crippen LogP contribution in [0, 0.1) is 0 Å². The van der Waals surface area contributed by atoms with Gasteiger partial charge >= 0.3 is 0 Å². The summed E-state index contributed by atoms with van der Waals surface area (Å²) < 4.78 is 38.9. The van der Waals surface area contributed by atoms with E-state index in [0.29, 0.717) is 18.8 Å². The van der Waals surface area contributed by atoms with E-state index in [-0.39, 0.29) is 28.0 Å². The lowest BCUT2D eigenvalue weighted by atomic mass is 10.0. The third kappa shape index (κ3) is 3.59. The number of ether oxygens (including phenoxy) is 2. The van der Waals surface area contributed by atoms with Crippen molar-refractivity contribution >= 4 is 38.2 Å². The number of rotatable bonds is 6. The zero-order chi connectivity index (χ0) is 21.3. The van der Waals surface area contributed by atoms with E-state index in [1.54, 1.807) is 0 Å². The second-order valence-corrected chi connectivity index (χ2v) is 9.07. The molecular weight excluding hydrogens is 424 g/mol. The average Bonchev–Trinajstić information content (AvgIpc) is 3.22. The number of methoxy groups -OCH3 is 2. The van der Waals surface area contributed by atoms with E-state index in [1.165, 1.54) is 30.7 Å². The molecule has 1 heterocycles. The molecule has 1 aliphatic rings. The fourth-order valence-electron chi connectivity index (χ4n) is 3.65. The number of amidine groups is 1. The fraction of sp³-hybridized carbons (Fsp3) is 0.227. The first-order valence-electron chi connectivity index (χ1n) is 9.40. The maximum atomic E-state index is 13.5. The summed E-state index contributed by atoms with van der Waals surface area (Å²) in [6.07, 6.45) is 0.410. The van der Waals surface area contributed by atoms with Crippen LogP contribution in [0.5, 0.6) is 11.5 Å². The first-order valence-corrected chi connectivity index (χ1v) is 11.2. The van der Waals surface area contributed by atoms with Crippen molar-refractivity contribution in [2.45, 2.75) is 11.3 Å². The standard InChI is InChI=1S/C22H21ClN2O4S/c1-28-19-14-21(20(29-2)13-18(19)23)30(26,27)25-11-10-24-22(25)12-16-8-5-7-15-6-3-4-9-17(15)16/h3-9,13-14H,10-12H2,1-2H3. The summed E-state index contributed by atoms with van der Waals surface area (Å²) in [6.45, 7) is 0.683. The number of nitrogens with zero attached hydrogens (tertiary/aromatic N) is 2. The van der Waals surface area contributed by atoms with E-state index in [0.717, 1.165) is 16.3 Å². The molecule has 0 amide bonds. The first kappa shape index (κ1) is 20.5. The van der Waals surface area contributed by atoms with E-state index in [1.807, 2.05) is 42.5 Å². The van der Waals surface area contributed by atoms with Gasteiger partial charge in [0.05, 0.1) is 32.3 Å². The summed E-state index contributed by atoms with van der Waals surface area (Å²) in [6, 6.07) is 16.9. The summed E-state index contributed by atoms with van der Waals surface area (Å²) in [5.41, 5.74) is 1.02. The Morgan fingerprint density at radius 1 is 1.03 bits per heavy atom. The smallest absolute Gasteiger partial charge is 0.269 e. The molecule has 0 aliphatic carbocycles. The minimum absolute atomic E-state index is 0.00114. The summed E-state index contributed by atoms with van der Waals surface area (Å²) in [7, 11) is -1.07. The molecule has 0 saturated heterocycles. The zero-order valence-electron chi connectivity index (χ0n) is 16.6. The van der Waals surface area contributed by atoms with E-state index >= 15 is 0 Å².